The van der Waals surface area contributed by atoms with Gasteiger partial charge in [0, 0.05) is 44.3 Å². The molecule has 0 saturated carbocycles. The average molecular weight is 331 g/mol. The van der Waals surface area contributed by atoms with Crippen LogP contribution in [0.4, 0.5) is 0 Å². The molecule has 0 aliphatic carbocycles. The number of amides is 1. The van der Waals surface area contributed by atoms with Crippen LogP contribution in [0.3, 0.4) is 0 Å². The summed E-state index contributed by atoms with van der Waals surface area (Å²) in [7, 11) is 0. The Hall–Kier alpha value is -1.46. The lowest BCUT2D eigenvalue weighted by molar-refractivity contribution is -0.140. The van der Waals surface area contributed by atoms with Crippen LogP contribution in [-0.4, -0.2) is 60.1 Å². The number of carbonyl (C=O) groups excluding carboxylic acids is 1. The van der Waals surface area contributed by atoms with Crippen molar-refractivity contribution < 1.29 is 9.53 Å². The van der Waals surface area contributed by atoms with Crippen molar-refractivity contribution >= 4 is 5.91 Å². The van der Waals surface area contributed by atoms with E-state index in [1.54, 1.807) is 6.20 Å². The molecule has 0 unspecified atom stereocenters. The summed E-state index contributed by atoms with van der Waals surface area (Å²) in [5.41, 5.74) is 1.24. The number of rotatable bonds is 6. The molecule has 0 bridgehead atoms. The molecule has 1 spiro atoms. The summed E-state index contributed by atoms with van der Waals surface area (Å²) in [5, 5.41) is 0. The van der Waals surface area contributed by atoms with Crippen molar-refractivity contribution in [2.75, 3.05) is 39.4 Å². The number of piperidine rings is 2. The van der Waals surface area contributed by atoms with Crippen LogP contribution in [0.1, 0.15) is 38.3 Å². The number of hydrogen-bond donors (Lipinski definition) is 0. The fourth-order valence-corrected chi connectivity index (χ4v) is 4.11. The summed E-state index contributed by atoms with van der Waals surface area (Å²) in [6.45, 7) is 8.39. The van der Waals surface area contributed by atoms with Crippen LogP contribution in [0, 0.1) is 5.41 Å². The third-order valence-electron chi connectivity index (χ3n) is 5.32. The van der Waals surface area contributed by atoms with Gasteiger partial charge in [0.05, 0.1) is 18.8 Å². The highest BCUT2D eigenvalue weighted by molar-refractivity contribution is 5.77. The Morgan fingerprint density at radius 2 is 2.21 bits per heavy atom. The quantitative estimate of drug-likeness (QED) is 0.751. The monoisotopic (exact) mass is 331 g/mol. The molecule has 2 fully saturated rings. The van der Waals surface area contributed by atoms with E-state index < -0.39 is 0 Å². The lowest BCUT2D eigenvalue weighted by Gasteiger charge is -2.48. The molecule has 0 radical (unpaired) electrons. The van der Waals surface area contributed by atoms with Crippen LogP contribution in [-0.2, 0) is 16.1 Å². The number of pyridine rings is 1. The Balaban J connectivity index is 1.61. The van der Waals surface area contributed by atoms with Crippen molar-refractivity contribution in [3.8, 4) is 0 Å². The summed E-state index contributed by atoms with van der Waals surface area (Å²) in [6.07, 6.45) is 5.94. The van der Waals surface area contributed by atoms with E-state index in [2.05, 4.69) is 9.88 Å². The third kappa shape index (κ3) is 4.33. The van der Waals surface area contributed by atoms with E-state index in [0.29, 0.717) is 13.0 Å². The molecule has 1 atom stereocenters. The molecule has 5 nitrogen and oxygen atoms in total. The van der Waals surface area contributed by atoms with Crippen molar-refractivity contribution in [2.45, 2.75) is 39.2 Å². The maximum atomic E-state index is 12.4. The molecule has 0 aromatic carbocycles. The molecular formula is C19H29N3O2. The van der Waals surface area contributed by atoms with Gasteiger partial charge in [-0.15, -0.1) is 0 Å². The van der Waals surface area contributed by atoms with Gasteiger partial charge in [0.25, 0.3) is 0 Å². The van der Waals surface area contributed by atoms with Gasteiger partial charge in [-0.05, 0) is 44.9 Å². The number of aromatic nitrogens is 1. The molecule has 1 aromatic heterocycles. The van der Waals surface area contributed by atoms with E-state index in [9.17, 15) is 4.79 Å². The molecule has 2 saturated heterocycles. The summed E-state index contributed by atoms with van der Waals surface area (Å²) in [5.74, 6) is 0.276. The van der Waals surface area contributed by atoms with E-state index in [0.717, 1.165) is 51.5 Å². The fourth-order valence-electron chi connectivity index (χ4n) is 4.11. The van der Waals surface area contributed by atoms with Crippen molar-refractivity contribution in [3.05, 3.63) is 30.1 Å². The summed E-state index contributed by atoms with van der Waals surface area (Å²) in [6, 6.07) is 5.91. The number of carbonyl (C=O) groups is 1. The highest BCUT2D eigenvalue weighted by Crippen LogP contribution is 2.39. The predicted octanol–water partition coefficient (Wildman–Crippen LogP) is 2.32. The summed E-state index contributed by atoms with van der Waals surface area (Å²) >= 11 is 0. The molecule has 5 heteroatoms. The topological polar surface area (TPSA) is 45.7 Å². The highest BCUT2D eigenvalue weighted by atomic mass is 16.5. The first-order valence-electron chi connectivity index (χ1n) is 9.19. The third-order valence-corrected chi connectivity index (χ3v) is 5.32. The largest absolute Gasteiger partial charge is 0.380 e. The van der Waals surface area contributed by atoms with Crippen molar-refractivity contribution in [1.82, 2.24) is 14.8 Å². The van der Waals surface area contributed by atoms with Gasteiger partial charge in [-0.2, -0.15) is 0 Å². The predicted molar refractivity (Wildman–Crippen MR) is 93.5 cm³/mol. The molecule has 0 N–H and O–H groups in total. The SMILES string of the molecule is CCOCCN1CCC[C@]2(CCC(=O)N(Cc3ccccn3)C2)C1. The number of ether oxygens (including phenoxy) is 1. The van der Waals surface area contributed by atoms with Crippen LogP contribution in [0.5, 0.6) is 0 Å². The summed E-state index contributed by atoms with van der Waals surface area (Å²) in [4.78, 5) is 21.3. The van der Waals surface area contributed by atoms with Gasteiger partial charge in [-0.25, -0.2) is 0 Å². The summed E-state index contributed by atoms with van der Waals surface area (Å²) < 4.78 is 5.51. The van der Waals surface area contributed by atoms with Crippen LogP contribution in [0.15, 0.2) is 24.4 Å². The lowest BCUT2D eigenvalue weighted by atomic mass is 9.73. The van der Waals surface area contributed by atoms with E-state index in [1.165, 1.54) is 12.8 Å². The van der Waals surface area contributed by atoms with E-state index in [-0.39, 0.29) is 11.3 Å². The van der Waals surface area contributed by atoms with Crippen LogP contribution < -0.4 is 0 Å². The van der Waals surface area contributed by atoms with Crippen molar-refractivity contribution in [3.63, 3.8) is 0 Å². The molecule has 3 rings (SSSR count). The second-order valence-corrected chi connectivity index (χ2v) is 7.15. The molecule has 1 amide bonds. The van der Waals surface area contributed by atoms with Gasteiger partial charge in [-0.1, -0.05) is 6.07 Å². The zero-order valence-corrected chi connectivity index (χ0v) is 14.7. The van der Waals surface area contributed by atoms with Gasteiger partial charge >= 0.3 is 0 Å². The lowest BCUT2D eigenvalue weighted by Crippen LogP contribution is -2.54. The molecule has 2 aliphatic rings. The Bertz CT molecular complexity index is 537. The van der Waals surface area contributed by atoms with Gasteiger partial charge in [0.1, 0.15) is 0 Å². The zero-order chi connectivity index (χ0) is 16.8. The van der Waals surface area contributed by atoms with Crippen molar-refractivity contribution in [2.24, 2.45) is 5.41 Å². The number of nitrogens with zero attached hydrogens (tertiary/aromatic N) is 3. The first-order valence-corrected chi connectivity index (χ1v) is 9.19. The maximum Gasteiger partial charge on any atom is 0.222 e. The van der Waals surface area contributed by atoms with Crippen LogP contribution in [0.2, 0.25) is 0 Å². The number of likely N-dealkylation sites (tertiary alicyclic amines) is 2. The van der Waals surface area contributed by atoms with Gasteiger partial charge in [0.2, 0.25) is 5.91 Å². The van der Waals surface area contributed by atoms with Gasteiger partial charge < -0.3 is 14.5 Å². The van der Waals surface area contributed by atoms with E-state index in [1.807, 2.05) is 30.0 Å². The maximum absolute atomic E-state index is 12.4. The first-order chi connectivity index (χ1) is 11.7. The van der Waals surface area contributed by atoms with Gasteiger partial charge in [-0.3, -0.25) is 9.78 Å². The minimum Gasteiger partial charge on any atom is -0.380 e. The normalized spacial score (nSPS) is 25.4. The standard InChI is InChI=1S/C19H29N3O2/c1-2-24-13-12-21-11-5-8-19(15-21)9-7-18(23)22(16-19)14-17-6-3-4-10-20-17/h3-4,6,10H,2,5,7-9,11-16H2,1H3/t19-/m0/s1. The molecule has 132 valence electrons. The Kier molecular flexibility index (Phi) is 5.85. The molecular weight excluding hydrogens is 302 g/mol. The minimum atomic E-state index is 0.257. The van der Waals surface area contributed by atoms with E-state index >= 15 is 0 Å². The van der Waals surface area contributed by atoms with Gasteiger partial charge in [0.15, 0.2) is 0 Å². The Morgan fingerprint density at radius 1 is 1.29 bits per heavy atom. The van der Waals surface area contributed by atoms with E-state index in [4.69, 9.17) is 4.74 Å². The smallest absolute Gasteiger partial charge is 0.222 e. The highest BCUT2D eigenvalue weighted by Gasteiger charge is 2.41. The molecule has 1 aromatic rings. The van der Waals surface area contributed by atoms with Crippen LogP contribution >= 0.6 is 0 Å². The zero-order valence-electron chi connectivity index (χ0n) is 14.7. The Morgan fingerprint density at radius 3 is 3.00 bits per heavy atom. The fraction of sp³-hybridized carbons (Fsp3) is 0.684. The second kappa shape index (κ2) is 8.08. The number of hydrogen-bond acceptors (Lipinski definition) is 4. The molecule has 2 aliphatic heterocycles. The average Bonchev–Trinajstić information content (AvgIpc) is 2.60. The first kappa shape index (κ1) is 17.4. The van der Waals surface area contributed by atoms with Crippen LogP contribution in [0.25, 0.3) is 0 Å². The molecule has 3 heterocycles. The Labute approximate surface area is 145 Å². The van der Waals surface area contributed by atoms with Crippen molar-refractivity contribution in [1.29, 1.82) is 0 Å². The molecule has 24 heavy (non-hydrogen) atoms. The second-order valence-electron chi connectivity index (χ2n) is 7.15. The minimum absolute atomic E-state index is 0.257.